The van der Waals surface area contributed by atoms with Crippen LogP contribution in [-0.2, 0) is 4.79 Å². The molecule has 0 radical (unpaired) electrons. The Kier molecular flexibility index (Phi) is 4.08. The Balaban J connectivity index is 1.69. The first-order valence-corrected chi connectivity index (χ1v) is 7.11. The fourth-order valence-corrected chi connectivity index (χ4v) is 3.21. The zero-order valence-corrected chi connectivity index (χ0v) is 11.2. The first-order valence-electron chi connectivity index (χ1n) is 7.11. The van der Waals surface area contributed by atoms with Crippen LogP contribution in [0, 0.1) is 5.41 Å². The molecule has 3 nitrogen and oxygen atoms in total. The van der Waals surface area contributed by atoms with Crippen LogP contribution in [-0.4, -0.2) is 24.5 Å². The quantitative estimate of drug-likeness (QED) is 0.788. The third-order valence-corrected chi connectivity index (χ3v) is 4.50. The predicted octanol–water partition coefficient (Wildman–Crippen LogP) is 2.21. The highest BCUT2D eigenvalue weighted by Crippen LogP contribution is 2.37. The number of carbonyl (C=O) groups is 1. The van der Waals surface area contributed by atoms with Gasteiger partial charge in [-0.15, -0.1) is 0 Å². The van der Waals surface area contributed by atoms with Crippen molar-refractivity contribution in [3.05, 3.63) is 0 Å². The maximum Gasteiger partial charge on any atom is 0.234 e. The number of nitrogens with one attached hydrogen (secondary N) is 2. The zero-order valence-electron chi connectivity index (χ0n) is 11.2. The van der Waals surface area contributed by atoms with Crippen molar-refractivity contribution < 1.29 is 4.79 Å². The average Bonchev–Trinajstić information content (AvgIpc) is 2.86. The summed E-state index contributed by atoms with van der Waals surface area (Å²) in [5.74, 6) is 0.178. The van der Waals surface area contributed by atoms with Gasteiger partial charge in [-0.1, -0.05) is 33.1 Å². The molecule has 3 heteroatoms. The second-order valence-electron chi connectivity index (χ2n) is 6.36. The van der Waals surface area contributed by atoms with Crippen molar-refractivity contribution >= 4 is 5.91 Å². The number of rotatable bonds is 4. The lowest BCUT2D eigenvalue weighted by Gasteiger charge is -2.28. The molecule has 17 heavy (non-hydrogen) atoms. The largest absolute Gasteiger partial charge is 0.352 e. The molecule has 1 amide bonds. The van der Waals surface area contributed by atoms with Crippen molar-refractivity contribution in [2.24, 2.45) is 5.41 Å². The Bertz CT molecular complexity index is 269. The molecule has 98 valence electrons. The molecule has 2 aliphatic rings. The van der Waals surface area contributed by atoms with Gasteiger partial charge in [0.25, 0.3) is 0 Å². The Labute approximate surface area is 105 Å². The lowest BCUT2D eigenvalue weighted by molar-refractivity contribution is -0.121. The summed E-state index contributed by atoms with van der Waals surface area (Å²) in [5, 5.41) is 6.56. The Hall–Kier alpha value is -0.570. The third-order valence-electron chi connectivity index (χ3n) is 4.50. The van der Waals surface area contributed by atoms with Crippen molar-refractivity contribution in [1.82, 2.24) is 10.6 Å². The Morgan fingerprint density at radius 1 is 1.18 bits per heavy atom. The molecule has 1 atom stereocenters. The van der Waals surface area contributed by atoms with Gasteiger partial charge in [0, 0.05) is 12.1 Å². The van der Waals surface area contributed by atoms with Crippen LogP contribution in [0.3, 0.4) is 0 Å². The maximum atomic E-state index is 11.9. The molecular formula is C14H26N2O. The van der Waals surface area contributed by atoms with E-state index in [2.05, 4.69) is 24.5 Å². The van der Waals surface area contributed by atoms with E-state index in [0.29, 0.717) is 18.6 Å². The van der Waals surface area contributed by atoms with Crippen molar-refractivity contribution in [2.75, 3.05) is 6.54 Å². The van der Waals surface area contributed by atoms with E-state index >= 15 is 0 Å². The molecule has 2 saturated carbocycles. The molecule has 2 fully saturated rings. The fraction of sp³-hybridized carbons (Fsp3) is 0.929. The molecule has 0 heterocycles. The summed E-state index contributed by atoms with van der Waals surface area (Å²) in [7, 11) is 0. The molecule has 2 aliphatic carbocycles. The van der Waals surface area contributed by atoms with Gasteiger partial charge >= 0.3 is 0 Å². The van der Waals surface area contributed by atoms with E-state index < -0.39 is 0 Å². The first kappa shape index (κ1) is 12.9. The summed E-state index contributed by atoms with van der Waals surface area (Å²) < 4.78 is 0. The van der Waals surface area contributed by atoms with E-state index in [1.165, 1.54) is 38.5 Å². The number of hydrogen-bond acceptors (Lipinski definition) is 2. The Morgan fingerprint density at radius 3 is 2.47 bits per heavy atom. The molecule has 0 aromatic carbocycles. The van der Waals surface area contributed by atoms with Gasteiger partial charge in [-0.05, 0) is 31.1 Å². The molecule has 0 aromatic rings. The van der Waals surface area contributed by atoms with Crippen LogP contribution in [0.25, 0.3) is 0 Å². The molecular weight excluding hydrogens is 212 g/mol. The smallest absolute Gasteiger partial charge is 0.234 e. The van der Waals surface area contributed by atoms with E-state index in [4.69, 9.17) is 0 Å². The highest BCUT2D eigenvalue weighted by atomic mass is 16.2. The summed E-state index contributed by atoms with van der Waals surface area (Å²) in [6.07, 6.45) is 8.72. The normalized spacial score (nSPS) is 28.5. The SMILES string of the molecule is CC1(C)CCCC1NC(=O)CNC1CCCC1. The van der Waals surface area contributed by atoms with Crippen LogP contribution in [0.5, 0.6) is 0 Å². The van der Waals surface area contributed by atoms with Gasteiger partial charge in [0.2, 0.25) is 5.91 Å². The first-order chi connectivity index (χ1) is 8.08. The minimum absolute atomic E-state index is 0.178. The second kappa shape index (κ2) is 5.38. The van der Waals surface area contributed by atoms with Gasteiger partial charge < -0.3 is 10.6 Å². The van der Waals surface area contributed by atoms with Gasteiger partial charge in [0.05, 0.1) is 6.54 Å². The van der Waals surface area contributed by atoms with Gasteiger partial charge in [-0.25, -0.2) is 0 Å². The van der Waals surface area contributed by atoms with Crippen LogP contribution in [0.1, 0.15) is 58.8 Å². The zero-order chi connectivity index (χ0) is 12.3. The minimum Gasteiger partial charge on any atom is -0.352 e. The van der Waals surface area contributed by atoms with Crippen molar-refractivity contribution in [3.63, 3.8) is 0 Å². The number of carbonyl (C=O) groups excluding carboxylic acids is 1. The van der Waals surface area contributed by atoms with E-state index in [0.717, 1.165) is 6.42 Å². The summed E-state index contributed by atoms with van der Waals surface area (Å²) >= 11 is 0. The summed E-state index contributed by atoms with van der Waals surface area (Å²) in [4.78, 5) is 11.9. The summed E-state index contributed by atoms with van der Waals surface area (Å²) in [6.45, 7) is 5.02. The lowest BCUT2D eigenvalue weighted by Crippen LogP contribution is -2.46. The van der Waals surface area contributed by atoms with Crippen LogP contribution in [0.2, 0.25) is 0 Å². The maximum absolute atomic E-state index is 11.9. The lowest BCUT2D eigenvalue weighted by atomic mass is 9.87. The molecule has 0 aromatic heterocycles. The molecule has 0 saturated heterocycles. The van der Waals surface area contributed by atoms with Crippen LogP contribution < -0.4 is 10.6 Å². The van der Waals surface area contributed by atoms with Crippen molar-refractivity contribution in [2.45, 2.75) is 70.9 Å². The topological polar surface area (TPSA) is 41.1 Å². The van der Waals surface area contributed by atoms with Crippen LogP contribution in [0.4, 0.5) is 0 Å². The molecule has 0 spiro atoms. The van der Waals surface area contributed by atoms with Crippen molar-refractivity contribution in [3.8, 4) is 0 Å². The van der Waals surface area contributed by atoms with E-state index in [9.17, 15) is 4.79 Å². The molecule has 0 aliphatic heterocycles. The van der Waals surface area contributed by atoms with E-state index in [1.54, 1.807) is 0 Å². The van der Waals surface area contributed by atoms with Crippen molar-refractivity contribution in [1.29, 1.82) is 0 Å². The summed E-state index contributed by atoms with van der Waals surface area (Å²) in [5.41, 5.74) is 0.281. The molecule has 2 rings (SSSR count). The van der Waals surface area contributed by atoms with E-state index in [-0.39, 0.29) is 11.3 Å². The predicted molar refractivity (Wildman–Crippen MR) is 69.8 cm³/mol. The molecule has 2 N–H and O–H groups in total. The monoisotopic (exact) mass is 238 g/mol. The second-order valence-corrected chi connectivity index (χ2v) is 6.36. The highest BCUT2D eigenvalue weighted by Gasteiger charge is 2.35. The van der Waals surface area contributed by atoms with E-state index in [1.807, 2.05) is 0 Å². The average molecular weight is 238 g/mol. The third kappa shape index (κ3) is 3.44. The molecule has 1 unspecified atom stereocenters. The summed E-state index contributed by atoms with van der Waals surface area (Å²) in [6, 6.07) is 0.956. The number of amides is 1. The van der Waals surface area contributed by atoms with Gasteiger partial charge in [0.15, 0.2) is 0 Å². The molecule has 0 bridgehead atoms. The highest BCUT2D eigenvalue weighted by molar-refractivity contribution is 5.78. The van der Waals surface area contributed by atoms with Gasteiger partial charge in [0.1, 0.15) is 0 Å². The minimum atomic E-state index is 0.178. The fourth-order valence-electron chi connectivity index (χ4n) is 3.21. The Morgan fingerprint density at radius 2 is 1.88 bits per heavy atom. The van der Waals surface area contributed by atoms with Gasteiger partial charge in [-0.2, -0.15) is 0 Å². The standard InChI is InChI=1S/C14H26N2O/c1-14(2)9-5-8-12(14)16-13(17)10-15-11-6-3-4-7-11/h11-12,15H,3-10H2,1-2H3,(H,16,17). The van der Waals surface area contributed by atoms with Crippen LogP contribution in [0.15, 0.2) is 0 Å². The van der Waals surface area contributed by atoms with Gasteiger partial charge in [-0.3, -0.25) is 4.79 Å². The van der Waals surface area contributed by atoms with Crippen LogP contribution >= 0.6 is 0 Å². The number of hydrogen-bond donors (Lipinski definition) is 2.